The Morgan fingerprint density at radius 3 is 2.41 bits per heavy atom. The molecule has 0 spiro atoms. The number of thiophene rings is 1. The van der Waals surface area contributed by atoms with Crippen LogP contribution in [-0.2, 0) is 5.60 Å². The Kier molecular flexibility index (Phi) is 5.35. The molecule has 27 heavy (non-hydrogen) atoms. The molecule has 3 rings (SSSR count). The average molecular weight is 401 g/mol. The molecular formula is C22H25ClN2OS. The summed E-state index contributed by atoms with van der Waals surface area (Å²) in [4.78, 5) is 2.25. The zero-order valence-electron chi connectivity index (χ0n) is 16.3. The first-order valence-corrected chi connectivity index (χ1v) is 10.1. The zero-order chi connectivity index (χ0) is 19.8. The number of hydrogen-bond acceptors (Lipinski definition) is 3. The van der Waals surface area contributed by atoms with Gasteiger partial charge in [-0.1, -0.05) is 50.6 Å². The Morgan fingerprint density at radius 2 is 1.78 bits per heavy atom. The SMILES string of the molecule is CC(C)(C)/C=C/c1ccc(-c2cc(C(C)(C)O)nn2-c2ccccc2Cl)s1. The number of hydrogen-bond donors (Lipinski definition) is 1. The van der Waals surface area contributed by atoms with Crippen LogP contribution in [0.15, 0.2) is 48.5 Å². The van der Waals surface area contributed by atoms with Crippen molar-refractivity contribution in [3.63, 3.8) is 0 Å². The lowest BCUT2D eigenvalue weighted by molar-refractivity contribution is 0.0734. The minimum Gasteiger partial charge on any atom is -0.384 e. The maximum absolute atomic E-state index is 10.5. The first-order chi connectivity index (χ1) is 12.5. The van der Waals surface area contributed by atoms with Crippen molar-refractivity contribution in [2.24, 2.45) is 5.41 Å². The molecule has 0 aliphatic carbocycles. The zero-order valence-corrected chi connectivity index (χ0v) is 17.9. The van der Waals surface area contributed by atoms with Crippen molar-refractivity contribution in [1.82, 2.24) is 9.78 Å². The molecule has 0 fully saturated rings. The van der Waals surface area contributed by atoms with Crippen molar-refractivity contribution in [1.29, 1.82) is 0 Å². The van der Waals surface area contributed by atoms with E-state index in [9.17, 15) is 5.11 Å². The van der Waals surface area contributed by atoms with E-state index < -0.39 is 5.60 Å². The van der Waals surface area contributed by atoms with Gasteiger partial charge >= 0.3 is 0 Å². The van der Waals surface area contributed by atoms with Crippen LogP contribution in [0.1, 0.15) is 45.2 Å². The van der Waals surface area contributed by atoms with Gasteiger partial charge in [-0.15, -0.1) is 11.3 Å². The van der Waals surface area contributed by atoms with Gasteiger partial charge in [-0.25, -0.2) is 4.68 Å². The van der Waals surface area contributed by atoms with E-state index in [1.807, 2.05) is 35.0 Å². The van der Waals surface area contributed by atoms with Crippen molar-refractivity contribution >= 4 is 29.0 Å². The average Bonchev–Trinajstić information content (AvgIpc) is 3.19. The maximum Gasteiger partial charge on any atom is 0.103 e. The number of aliphatic hydroxyl groups is 1. The second-order valence-corrected chi connectivity index (χ2v) is 9.76. The molecule has 2 aromatic heterocycles. The van der Waals surface area contributed by atoms with Gasteiger partial charge in [0.1, 0.15) is 5.60 Å². The Labute approximate surface area is 169 Å². The minimum atomic E-state index is -1.03. The minimum absolute atomic E-state index is 0.136. The summed E-state index contributed by atoms with van der Waals surface area (Å²) in [5.41, 5.74) is 1.42. The number of nitrogens with zero attached hydrogens (tertiary/aromatic N) is 2. The molecule has 1 N–H and O–H groups in total. The molecule has 3 aromatic rings. The number of rotatable bonds is 4. The summed E-state index contributed by atoms with van der Waals surface area (Å²) in [6, 6.07) is 13.7. The van der Waals surface area contributed by atoms with Crippen LogP contribution >= 0.6 is 22.9 Å². The fraction of sp³-hybridized carbons (Fsp3) is 0.318. The standard InChI is InChI=1S/C22H25ClN2OS/c1-21(2,3)13-12-15-10-11-19(27-15)18-14-20(22(4,5)26)24-25(18)17-9-7-6-8-16(17)23/h6-14,26H,1-5H3/b13-12+. The second kappa shape index (κ2) is 7.27. The Morgan fingerprint density at radius 1 is 1.07 bits per heavy atom. The summed E-state index contributed by atoms with van der Waals surface area (Å²) in [5, 5.41) is 15.7. The molecule has 0 amide bonds. The van der Waals surface area contributed by atoms with E-state index in [4.69, 9.17) is 11.6 Å². The largest absolute Gasteiger partial charge is 0.384 e. The van der Waals surface area contributed by atoms with Crippen LogP contribution < -0.4 is 0 Å². The highest BCUT2D eigenvalue weighted by Crippen LogP contribution is 2.35. The Bertz CT molecular complexity index is 971. The first kappa shape index (κ1) is 19.9. The third kappa shape index (κ3) is 4.70. The quantitative estimate of drug-likeness (QED) is 0.539. The highest BCUT2D eigenvalue weighted by atomic mass is 35.5. The molecule has 142 valence electrons. The summed E-state index contributed by atoms with van der Waals surface area (Å²) in [7, 11) is 0. The van der Waals surface area contributed by atoms with E-state index in [0.717, 1.165) is 16.3 Å². The van der Waals surface area contributed by atoms with Gasteiger partial charge in [0.25, 0.3) is 0 Å². The number of aromatic nitrogens is 2. The van der Waals surface area contributed by atoms with Crippen molar-refractivity contribution < 1.29 is 5.11 Å². The summed E-state index contributed by atoms with van der Waals surface area (Å²) >= 11 is 8.11. The van der Waals surface area contributed by atoms with E-state index in [-0.39, 0.29) is 5.41 Å². The molecule has 0 saturated heterocycles. The van der Waals surface area contributed by atoms with Crippen LogP contribution in [0.5, 0.6) is 0 Å². The molecule has 1 aromatic carbocycles. The third-order valence-electron chi connectivity index (χ3n) is 4.04. The normalized spacial score (nSPS) is 12.9. The van der Waals surface area contributed by atoms with Crippen LogP contribution in [-0.4, -0.2) is 14.9 Å². The molecule has 0 bridgehead atoms. The van der Waals surface area contributed by atoms with E-state index in [2.05, 4.69) is 50.2 Å². The molecule has 0 unspecified atom stereocenters. The monoisotopic (exact) mass is 400 g/mol. The summed E-state index contributed by atoms with van der Waals surface area (Å²) in [6.07, 6.45) is 4.36. The van der Waals surface area contributed by atoms with Crippen molar-refractivity contribution in [2.45, 2.75) is 40.2 Å². The number of benzene rings is 1. The van der Waals surface area contributed by atoms with Crippen LogP contribution in [0.25, 0.3) is 22.3 Å². The van der Waals surface area contributed by atoms with Gasteiger partial charge in [-0.05, 0) is 55.7 Å². The molecule has 0 radical (unpaired) electrons. The third-order valence-corrected chi connectivity index (χ3v) is 5.44. The number of para-hydroxylation sites is 1. The molecule has 0 saturated carbocycles. The van der Waals surface area contributed by atoms with Crippen molar-refractivity contribution in [3.05, 3.63) is 64.1 Å². The van der Waals surface area contributed by atoms with Gasteiger partial charge in [0.15, 0.2) is 0 Å². The molecule has 3 nitrogen and oxygen atoms in total. The van der Waals surface area contributed by atoms with E-state index in [1.165, 1.54) is 4.88 Å². The van der Waals surface area contributed by atoms with Crippen molar-refractivity contribution in [3.8, 4) is 16.3 Å². The van der Waals surface area contributed by atoms with Gasteiger partial charge in [0.05, 0.1) is 27.0 Å². The predicted octanol–water partition coefficient (Wildman–Crippen LogP) is 6.54. The highest BCUT2D eigenvalue weighted by Gasteiger charge is 2.24. The molecule has 0 aliphatic rings. The summed E-state index contributed by atoms with van der Waals surface area (Å²) < 4.78 is 1.82. The molecule has 0 atom stereocenters. The maximum atomic E-state index is 10.5. The molecule has 5 heteroatoms. The number of halogens is 1. The van der Waals surface area contributed by atoms with Crippen LogP contribution in [0.4, 0.5) is 0 Å². The fourth-order valence-corrected chi connectivity index (χ4v) is 3.70. The number of allylic oxidation sites excluding steroid dienone is 1. The highest BCUT2D eigenvalue weighted by molar-refractivity contribution is 7.16. The van der Waals surface area contributed by atoms with Crippen LogP contribution in [0, 0.1) is 5.41 Å². The van der Waals surface area contributed by atoms with Crippen molar-refractivity contribution in [2.75, 3.05) is 0 Å². The smallest absolute Gasteiger partial charge is 0.103 e. The lowest BCUT2D eigenvalue weighted by atomic mass is 9.96. The van der Waals surface area contributed by atoms with Crippen LogP contribution in [0.3, 0.4) is 0 Å². The van der Waals surface area contributed by atoms with Gasteiger partial charge in [-0.2, -0.15) is 5.10 Å². The lowest BCUT2D eigenvalue weighted by Crippen LogP contribution is -2.16. The van der Waals surface area contributed by atoms with Gasteiger partial charge < -0.3 is 5.11 Å². The summed E-state index contributed by atoms with van der Waals surface area (Å²) in [5.74, 6) is 0. The van der Waals surface area contributed by atoms with E-state index in [1.54, 1.807) is 25.2 Å². The van der Waals surface area contributed by atoms with E-state index >= 15 is 0 Å². The van der Waals surface area contributed by atoms with Crippen LogP contribution in [0.2, 0.25) is 5.02 Å². The molecule has 0 aliphatic heterocycles. The first-order valence-electron chi connectivity index (χ1n) is 8.92. The summed E-state index contributed by atoms with van der Waals surface area (Å²) in [6.45, 7) is 10.0. The lowest BCUT2D eigenvalue weighted by Gasteiger charge is -2.13. The Balaban J connectivity index is 2.10. The predicted molar refractivity (Wildman–Crippen MR) is 116 cm³/mol. The second-order valence-electron chi connectivity index (χ2n) is 8.24. The van der Waals surface area contributed by atoms with E-state index in [0.29, 0.717) is 10.7 Å². The van der Waals surface area contributed by atoms with Gasteiger partial charge in [-0.3, -0.25) is 0 Å². The molecular weight excluding hydrogens is 376 g/mol. The van der Waals surface area contributed by atoms with Gasteiger partial charge in [0, 0.05) is 4.88 Å². The Hall–Kier alpha value is -1.88. The fourth-order valence-electron chi connectivity index (χ4n) is 2.57. The topological polar surface area (TPSA) is 38.1 Å². The van der Waals surface area contributed by atoms with Gasteiger partial charge in [0.2, 0.25) is 0 Å². The molecule has 2 heterocycles.